The van der Waals surface area contributed by atoms with Crippen molar-refractivity contribution in [3.8, 4) is 0 Å². The molecule has 0 bridgehead atoms. The molecule has 0 aliphatic heterocycles. The van der Waals surface area contributed by atoms with Crippen LogP contribution in [0, 0.1) is 0 Å². The standard InChI is InChI=1S/C14H14ClN/c1-16(15)14(12-8-4-2-5-9-12)13-10-6-3-7-11-13/h2-11,14H,1H3. The van der Waals surface area contributed by atoms with Gasteiger partial charge in [0.25, 0.3) is 0 Å². The van der Waals surface area contributed by atoms with Gasteiger partial charge in [0.1, 0.15) is 0 Å². The highest BCUT2D eigenvalue weighted by molar-refractivity contribution is 6.13. The first kappa shape index (κ1) is 11.2. The van der Waals surface area contributed by atoms with Crippen molar-refractivity contribution in [1.82, 2.24) is 4.42 Å². The molecule has 2 rings (SSSR count). The van der Waals surface area contributed by atoms with E-state index in [4.69, 9.17) is 11.8 Å². The lowest BCUT2D eigenvalue weighted by Crippen LogP contribution is -2.15. The Balaban J connectivity index is 2.40. The zero-order valence-corrected chi connectivity index (χ0v) is 9.93. The van der Waals surface area contributed by atoms with Crippen LogP contribution in [-0.2, 0) is 0 Å². The highest BCUT2D eigenvalue weighted by Gasteiger charge is 2.16. The maximum absolute atomic E-state index is 6.15. The second-order valence-corrected chi connectivity index (χ2v) is 4.28. The van der Waals surface area contributed by atoms with E-state index in [-0.39, 0.29) is 6.04 Å². The molecule has 0 N–H and O–H groups in total. The monoisotopic (exact) mass is 231 g/mol. The fraction of sp³-hybridized carbons (Fsp3) is 0.143. The number of hydrogen-bond acceptors (Lipinski definition) is 1. The second-order valence-electron chi connectivity index (χ2n) is 3.75. The van der Waals surface area contributed by atoms with Gasteiger partial charge in [-0.2, -0.15) is 0 Å². The minimum Gasteiger partial charge on any atom is -0.211 e. The molecule has 0 radical (unpaired) electrons. The molecule has 82 valence electrons. The van der Waals surface area contributed by atoms with Crippen molar-refractivity contribution in [2.45, 2.75) is 6.04 Å². The Kier molecular flexibility index (Phi) is 3.60. The molecule has 0 aromatic heterocycles. The van der Waals surface area contributed by atoms with E-state index in [0.717, 1.165) is 0 Å². The summed E-state index contributed by atoms with van der Waals surface area (Å²) in [5, 5.41) is 0. The average Bonchev–Trinajstić information content (AvgIpc) is 2.31. The highest BCUT2D eigenvalue weighted by atomic mass is 35.5. The predicted octanol–water partition coefficient (Wildman–Crippen LogP) is 3.86. The van der Waals surface area contributed by atoms with Crippen LogP contribution < -0.4 is 0 Å². The van der Waals surface area contributed by atoms with E-state index < -0.39 is 0 Å². The zero-order chi connectivity index (χ0) is 11.4. The minimum atomic E-state index is 0.101. The highest BCUT2D eigenvalue weighted by Crippen LogP contribution is 2.28. The summed E-state index contributed by atoms with van der Waals surface area (Å²) < 4.78 is 1.71. The van der Waals surface area contributed by atoms with Crippen LogP contribution in [0.1, 0.15) is 17.2 Å². The molecule has 0 unspecified atom stereocenters. The molecule has 0 spiro atoms. The third kappa shape index (κ3) is 2.43. The van der Waals surface area contributed by atoms with Crippen LogP contribution in [0.2, 0.25) is 0 Å². The van der Waals surface area contributed by atoms with Crippen LogP contribution in [0.5, 0.6) is 0 Å². The van der Waals surface area contributed by atoms with Crippen molar-refractivity contribution in [2.75, 3.05) is 7.05 Å². The number of rotatable bonds is 3. The van der Waals surface area contributed by atoms with Crippen LogP contribution in [0.3, 0.4) is 0 Å². The molecule has 2 heteroatoms. The van der Waals surface area contributed by atoms with E-state index in [1.807, 2.05) is 43.4 Å². The topological polar surface area (TPSA) is 3.24 Å². The molecule has 0 fully saturated rings. The van der Waals surface area contributed by atoms with Gasteiger partial charge in [-0.15, -0.1) is 0 Å². The summed E-state index contributed by atoms with van der Waals surface area (Å²) in [6.07, 6.45) is 0. The van der Waals surface area contributed by atoms with Gasteiger partial charge in [-0.1, -0.05) is 60.7 Å². The van der Waals surface area contributed by atoms with Crippen molar-refractivity contribution in [3.05, 3.63) is 71.8 Å². The lowest BCUT2D eigenvalue weighted by atomic mass is 9.99. The number of halogens is 1. The Bertz CT molecular complexity index is 386. The first-order valence-corrected chi connectivity index (χ1v) is 5.61. The summed E-state index contributed by atoms with van der Waals surface area (Å²) in [6, 6.07) is 20.6. The molecule has 0 saturated carbocycles. The summed E-state index contributed by atoms with van der Waals surface area (Å²) in [6.45, 7) is 0. The molecule has 0 saturated heterocycles. The Hall–Kier alpha value is -1.31. The lowest BCUT2D eigenvalue weighted by Gasteiger charge is -2.22. The Morgan fingerprint density at radius 2 is 1.19 bits per heavy atom. The summed E-state index contributed by atoms with van der Waals surface area (Å²) in [4.78, 5) is 0. The van der Waals surface area contributed by atoms with Crippen molar-refractivity contribution in [2.24, 2.45) is 0 Å². The van der Waals surface area contributed by atoms with E-state index in [0.29, 0.717) is 0 Å². The van der Waals surface area contributed by atoms with Gasteiger partial charge in [-0.05, 0) is 22.9 Å². The van der Waals surface area contributed by atoms with Gasteiger partial charge >= 0.3 is 0 Å². The maximum Gasteiger partial charge on any atom is 0.0748 e. The molecule has 2 aromatic carbocycles. The quantitative estimate of drug-likeness (QED) is 0.725. The molecule has 0 atom stereocenters. The molecule has 0 heterocycles. The van der Waals surface area contributed by atoms with Crippen LogP contribution in [0.15, 0.2) is 60.7 Å². The van der Waals surface area contributed by atoms with E-state index >= 15 is 0 Å². The minimum absolute atomic E-state index is 0.101. The van der Waals surface area contributed by atoms with Crippen LogP contribution in [-0.4, -0.2) is 11.5 Å². The summed E-state index contributed by atoms with van der Waals surface area (Å²) >= 11 is 6.15. The molecule has 0 amide bonds. The van der Waals surface area contributed by atoms with Gasteiger partial charge < -0.3 is 0 Å². The SMILES string of the molecule is CN(Cl)C(c1ccccc1)c1ccccc1. The van der Waals surface area contributed by atoms with Crippen LogP contribution in [0.25, 0.3) is 0 Å². The van der Waals surface area contributed by atoms with Gasteiger partial charge in [0.15, 0.2) is 0 Å². The first-order chi connectivity index (χ1) is 7.79. The fourth-order valence-electron chi connectivity index (χ4n) is 1.87. The molecule has 1 nitrogen and oxygen atoms in total. The van der Waals surface area contributed by atoms with Gasteiger partial charge in [0, 0.05) is 7.05 Å². The summed E-state index contributed by atoms with van der Waals surface area (Å²) in [5.41, 5.74) is 2.40. The van der Waals surface area contributed by atoms with Crippen molar-refractivity contribution < 1.29 is 0 Å². The van der Waals surface area contributed by atoms with Crippen molar-refractivity contribution in [1.29, 1.82) is 0 Å². The zero-order valence-electron chi connectivity index (χ0n) is 9.18. The van der Waals surface area contributed by atoms with Crippen molar-refractivity contribution >= 4 is 11.8 Å². The first-order valence-electron chi connectivity index (χ1n) is 5.27. The molecular weight excluding hydrogens is 218 g/mol. The lowest BCUT2D eigenvalue weighted by molar-refractivity contribution is 0.465. The normalized spacial score (nSPS) is 11.0. The number of hydrogen-bond donors (Lipinski definition) is 0. The third-order valence-electron chi connectivity index (χ3n) is 2.59. The largest absolute Gasteiger partial charge is 0.211 e. The van der Waals surface area contributed by atoms with Gasteiger partial charge in [-0.25, -0.2) is 4.42 Å². The Labute approximate surface area is 101 Å². The van der Waals surface area contributed by atoms with Crippen LogP contribution in [0.4, 0.5) is 0 Å². The van der Waals surface area contributed by atoms with E-state index in [2.05, 4.69) is 24.3 Å². The van der Waals surface area contributed by atoms with E-state index in [9.17, 15) is 0 Å². The Morgan fingerprint density at radius 3 is 1.50 bits per heavy atom. The predicted molar refractivity (Wildman–Crippen MR) is 68.3 cm³/mol. The smallest absolute Gasteiger partial charge is 0.0748 e. The van der Waals surface area contributed by atoms with E-state index in [1.54, 1.807) is 4.42 Å². The molecule has 2 aromatic rings. The second kappa shape index (κ2) is 5.15. The molecular formula is C14H14ClN. The molecule has 0 aliphatic rings. The number of nitrogens with zero attached hydrogens (tertiary/aromatic N) is 1. The Morgan fingerprint density at radius 1 is 0.812 bits per heavy atom. The summed E-state index contributed by atoms with van der Waals surface area (Å²) in [7, 11) is 1.88. The summed E-state index contributed by atoms with van der Waals surface area (Å²) in [5.74, 6) is 0. The van der Waals surface area contributed by atoms with Crippen molar-refractivity contribution in [3.63, 3.8) is 0 Å². The van der Waals surface area contributed by atoms with Gasteiger partial charge in [0.05, 0.1) is 6.04 Å². The average molecular weight is 232 g/mol. The van der Waals surface area contributed by atoms with Crippen LogP contribution >= 0.6 is 11.8 Å². The maximum atomic E-state index is 6.15. The molecule has 16 heavy (non-hydrogen) atoms. The fourth-order valence-corrected chi connectivity index (χ4v) is 2.10. The molecule has 0 aliphatic carbocycles. The van der Waals surface area contributed by atoms with E-state index in [1.165, 1.54) is 11.1 Å². The van der Waals surface area contributed by atoms with Gasteiger partial charge in [0.2, 0.25) is 0 Å². The van der Waals surface area contributed by atoms with Gasteiger partial charge in [-0.3, -0.25) is 0 Å². The number of benzene rings is 2. The third-order valence-corrected chi connectivity index (χ3v) is 2.78.